The molecule has 0 saturated heterocycles. The number of rotatable bonds is 5. The third kappa shape index (κ3) is 4.28. The molecule has 0 aliphatic rings. The minimum atomic E-state index is -1.07. The van der Waals surface area contributed by atoms with Crippen molar-refractivity contribution in [3.63, 3.8) is 0 Å². The van der Waals surface area contributed by atoms with E-state index in [0.29, 0.717) is 6.42 Å². The number of carbonyl (C=O) groups excluding carboxylic acids is 2. The van der Waals surface area contributed by atoms with Gasteiger partial charge in [-0.2, -0.15) is 0 Å². The maximum absolute atomic E-state index is 11.7. The average Bonchev–Trinajstić information content (AvgIpc) is 2.45. The molecule has 0 fully saturated rings. The van der Waals surface area contributed by atoms with Gasteiger partial charge in [-0.15, -0.1) is 0 Å². The standard InChI is InChI=1S/C14H19NO4/c1-4-14(2,12(16)18-3)15-13(17)19-10-11-8-6-5-7-9-11/h5-9H,4,10H2,1-3H3,(H,15,17)/t14-/m0/s1. The van der Waals surface area contributed by atoms with E-state index in [-0.39, 0.29) is 6.61 Å². The van der Waals surface area contributed by atoms with Crippen molar-refractivity contribution in [2.24, 2.45) is 0 Å². The highest BCUT2D eigenvalue weighted by atomic mass is 16.6. The summed E-state index contributed by atoms with van der Waals surface area (Å²) in [6.07, 6.45) is -0.223. The van der Waals surface area contributed by atoms with Gasteiger partial charge in [0.2, 0.25) is 0 Å². The number of ether oxygens (including phenoxy) is 2. The number of benzene rings is 1. The van der Waals surface area contributed by atoms with E-state index >= 15 is 0 Å². The van der Waals surface area contributed by atoms with E-state index in [1.807, 2.05) is 30.3 Å². The number of amides is 1. The van der Waals surface area contributed by atoms with E-state index in [9.17, 15) is 9.59 Å². The van der Waals surface area contributed by atoms with Crippen LogP contribution in [0.25, 0.3) is 0 Å². The summed E-state index contributed by atoms with van der Waals surface area (Å²) < 4.78 is 9.72. The summed E-state index contributed by atoms with van der Waals surface area (Å²) in [5.74, 6) is -0.494. The fourth-order valence-corrected chi connectivity index (χ4v) is 1.49. The van der Waals surface area contributed by atoms with Crippen LogP contribution in [0.1, 0.15) is 25.8 Å². The van der Waals surface area contributed by atoms with E-state index in [2.05, 4.69) is 10.1 Å². The lowest BCUT2D eigenvalue weighted by molar-refractivity contribution is -0.147. The van der Waals surface area contributed by atoms with Crippen LogP contribution >= 0.6 is 0 Å². The Hall–Kier alpha value is -2.04. The van der Waals surface area contributed by atoms with Gasteiger partial charge in [-0.1, -0.05) is 37.3 Å². The molecule has 1 rings (SSSR count). The highest BCUT2D eigenvalue weighted by Gasteiger charge is 2.34. The van der Waals surface area contributed by atoms with Gasteiger partial charge in [-0.25, -0.2) is 9.59 Å². The first kappa shape index (κ1) is 15.0. The molecule has 104 valence electrons. The topological polar surface area (TPSA) is 64.6 Å². The van der Waals surface area contributed by atoms with Crippen molar-refractivity contribution >= 4 is 12.1 Å². The molecular weight excluding hydrogens is 246 g/mol. The van der Waals surface area contributed by atoms with Crippen LogP contribution in [-0.4, -0.2) is 24.7 Å². The van der Waals surface area contributed by atoms with Crippen LogP contribution in [0.2, 0.25) is 0 Å². The maximum atomic E-state index is 11.7. The molecule has 1 amide bonds. The van der Waals surface area contributed by atoms with Gasteiger partial charge < -0.3 is 14.8 Å². The second kappa shape index (κ2) is 6.78. The third-order valence-electron chi connectivity index (χ3n) is 2.93. The Kier molecular flexibility index (Phi) is 5.36. The number of carbonyl (C=O) groups is 2. The smallest absolute Gasteiger partial charge is 0.408 e. The lowest BCUT2D eigenvalue weighted by atomic mass is 10.00. The molecule has 5 nitrogen and oxygen atoms in total. The molecule has 0 bridgehead atoms. The van der Waals surface area contributed by atoms with Crippen molar-refractivity contribution in [3.8, 4) is 0 Å². The molecule has 0 heterocycles. The highest BCUT2D eigenvalue weighted by molar-refractivity contribution is 5.85. The zero-order valence-corrected chi connectivity index (χ0v) is 11.4. The number of nitrogens with one attached hydrogen (secondary N) is 1. The minimum Gasteiger partial charge on any atom is -0.467 e. The van der Waals surface area contributed by atoms with Crippen LogP contribution in [0.15, 0.2) is 30.3 Å². The molecule has 1 aromatic rings. The number of methoxy groups -OCH3 is 1. The average molecular weight is 265 g/mol. The number of alkyl carbamates (subject to hydrolysis) is 1. The number of esters is 1. The van der Waals surface area contributed by atoms with E-state index < -0.39 is 17.6 Å². The molecule has 19 heavy (non-hydrogen) atoms. The van der Waals surface area contributed by atoms with Crippen LogP contribution in [0, 0.1) is 0 Å². The first-order chi connectivity index (χ1) is 9.01. The molecule has 0 spiro atoms. The van der Waals surface area contributed by atoms with Gasteiger partial charge in [0.05, 0.1) is 7.11 Å². The minimum absolute atomic E-state index is 0.160. The van der Waals surface area contributed by atoms with Crippen LogP contribution in [0.3, 0.4) is 0 Å². The second-order valence-electron chi connectivity index (χ2n) is 4.36. The van der Waals surface area contributed by atoms with Crippen molar-refractivity contribution in [1.82, 2.24) is 5.32 Å². The van der Waals surface area contributed by atoms with Crippen molar-refractivity contribution in [3.05, 3.63) is 35.9 Å². The molecule has 0 aliphatic carbocycles. The molecular formula is C14H19NO4. The summed E-state index contributed by atoms with van der Waals surface area (Å²) in [6.45, 7) is 3.55. The Bertz CT molecular complexity index is 432. The van der Waals surface area contributed by atoms with E-state index in [1.54, 1.807) is 13.8 Å². The zero-order valence-electron chi connectivity index (χ0n) is 11.4. The van der Waals surface area contributed by atoms with Gasteiger partial charge in [-0.3, -0.25) is 0 Å². The third-order valence-corrected chi connectivity index (χ3v) is 2.93. The Labute approximate surface area is 112 Å². The van der Waals surface area contributed by atoms with Crippen LogP contribution < -0.4 is 5.32 Å². The predicted octanol–water partition coefficient (Wildman–Crippen LogP) is 2.25. The van der Waals surface area contributed by atoms with Gasteiger partial charge in [0, 0.05) is 0 Å². The van der Waals surface area contributed by atoms with Crippen LogP contribution in [0.5, 0.6) is 0 Å². The number of hydrogen-bond acceptors (Lipinski definition) is 4. The van der Waals surface area contributed by atoms with Crippen molar-refractivity contribution in [2.75, 3.05) is 7.11 Å². The van der Waals surface area contributed by atoms with Crippen molar-refractivity contribution < 1.29 is 19.1 Å². The Morgan fingerprint density at radius 1 is 1.26 bits per heavy atom. The van der Waals surface area contributed by atoms with Gasteiger partial charge in [0.25, 0.3) is 0 Å². The molecule has 1 aromatic carbocycles. The monoisotopic (exact) mass is 265 g/mol. The van der Waals surface area contributed by atoms with Gasteiger partial charge >= 0.3 is 12.1 Å². The zero-order chi connectivity index (χ0) is 14.3. The Morgan fingerprint density at radius 3 is 2.42 bits per heavy atom. The predicted molar refractivity (Wildman–Crippen MR) is 70.5 cm³/mol. The lowest BCUT2D eigenvalue weighted by Crippen LogP contribution is -2.52. The largest absolute Gasteiger partial charge is 0.467 e. The summed E-state index contributed by atoms with van der Waals surface area (Å²) >= 11 is 0. The molecule has 1 N–H and O–H groups in total. The van der Waals surface area contributed by atoms with Gasteiger partial charge in [-0.05, 0) is 18.9 Å². The fourth-order valence-electron chi connectivity index (χ4n) is 1.49. The molecule has 5 heteroatoms. The maximum Gasteiger partial charge on any atom is 0.408 e. The Morgan fingerprint density at radius 2 is 1.89 bits per heavy atom. The SMILES string of the molecule is CC[C@](C)(NC(=O)OCc1ccccc1)C(=O)OC. The summed E-state index contributed by atoms with van der Waals surface area (Å²) in [5.41, 5.74) is -0.184. The Balaban J connectivity index is 2.52. The summed E-state index contributed by atoms with van der Waals surface area (Å²) in [7, 11) is 1.28. The normalized spacial score (nSPS) is 13.2. The van der Waals surface area contributed by atoms with Crippen molar-refractivity contribution in [2.45, 2.75) is 32.4 Å². The highest BCUT2D eigenvalue weighted by Crippen LogP contribution is 2.12. The summed E-state index contributed by atoms with van der Waals surface area (Å²) in [4.78, 5) is 23.3. The van der Waals surface area contributed by atoms with Crippen LogP contribution in [0.4, 0.5) is 4.79 Å². The number of hydrogen-bond donors (Lipinski definition) is 1. The summed E-state index contributed by atoms with van der Waals surface area (Å²) in [6, 6.07) is 9.32. The fraction of sp³-hybridized carbons (Fsp3) is 0.429. The molecule has 0 unspecified atom stereocenters. The van der Waals surface area contributed by atoms with Gasteiger partial charge in [0.1, 0.15) is 12.1 Å². The van der Waals surface area contributed by atoms with Gasteiger partial charge in [0.15, 0.2) is 0 Å². The quantitative estimate of drug-likeness (QED) is 0.829. The lowest BCUT2D eigenvalue weighted by Gasteiger charge is -2.25. The molecule has 0 saturated carbocycles. The first-order valence-corrected chi connectivity index (χ1v) is 6.09. The first-order valence-electron chi connectivity index (χ1n) is 6.09. The van der Waals surface area contributed by atoms with Crippen molar-refractivity contribution in [1.29, 1.82) is 0 Å². The van der Waals surface area contributed by atoms with E-state index in [4.69, 9.17) is 4.74 Å². The van der Waals surface area contributed by atoms with E-state index in [1.165, 1.54) is 7.11 Å². The van der Waals surface area contributed by atoms with Crippen LogP contribution in [-0.2, 0) is 20.9 Å². The molecule has 0 aromatic heterocycles. The molecule has 0 aliphatic heterocycles. The summed E-state index contributed by atoms with van der Waals surface area (Å²) in [5, 5.41) is 2.53. The molecule has 0 radical (unpaired) electrons. The molecule has 1 atom stereocenters. The van der Waals surface area contributed by atoms with E-state index in [0.717, 1.165) is 5.56 Å². The second-order valence-corrected chi connectivity index (χ2v) is 4.36.